The van der Waals surface area contributed by atoms with Crippen molar-refractivity contribution in [1.82, 2.24) is 0 Å². The zero-order valence-electron chi connectivity index (χ0n) is 4.41. The van der Waals surface area contributed by atoms with Gasteiger partial charge in [-0.2, -0.15) is 0 Å². The van der Waals surface area contributed by atoms with Gasteiger partial charge in [-0.15, -0.1) is 0 Å². The van der Waals surface area contributed by atoms with E-state index in [-0.39, 0.29) is 5.76 Å². The van der Waals surface area contributed by atoms with Crippen LogP contribution in [0.15, 0.2) is 24.0 Å². The van der Waals surface area contributed by atoms with Gasteiger partial charge in [-0.25, -0.2) is 0 Å². The zero-order chi connectivity index (χ0) is 5.98. The Balaban J connectivity index is 2.58. The molecule has 1 unspecified atom stereocenters. The molecule has 0 saturated heterocycles. The van der Waals surface area contributed by atoms with E-state index in [2.05, 4.69) is 0 Å². The lowest BCUT2D eigenvalue weighted by atomic mass is 10.1. The highest BCUT2D eigenvalue weighted by atomic mass is 16.3. The molecule has 8 heavy (non-hydrogen) atoms. The Morgan fingerprint density at radius 2 is 2.38 bits per heavy atom. The molecular weight excluding hydrogens is 104 g/mol. The summed E-state index contributed by atoms with van der Waals surface area (Å²) in [6, 6.07) is 0. The van der Waals surface area contributed by atoms with Crippen LogP contribution in [-0.4, -0.2) is 16.3 Å². The van der Waals surface area contributed by atoms with Crippen molar-refractivity contribution in [3.8, 4) is 0 Å². The van der Waals surface area contributed by atoms with Gasteiger partial charge in [0.05, 0.1) is 6.10 Å². The molecule has 1 atom stereocenters. The fourth-order valence-corrected chi connectivity index (χ4v) is 0.598. The van der Waals surface area contributed by atoms with Crippen molar-refractivity contribution in [2.24, 2.45) is 0 Å². The van der Waals surface area contributed by atoms with Gasteiger partial charge in [0.15, 0.2) is 0 Å². The van der Waals surface area contributed by atoms with Gasteiger partial charge < -0.3 is 10.2 Å². The minimum atomic E-state index is -0.397. The first-order chi connectivity index (χ1) is 3.79. The third-order valence-electron chi connectivity index (χ3n) is 1.06. The van der Waals surface area contributed by atoms with E-state index >= 15 is 0 Å². The lowest BCUT2D eigenvalue weighted by Crippen LogP contribution is -2.03. The van der Waals surface area contributed by atoms with Crippen LogP contribution in [0.2, 0.25) is 0 Å². The van der Waals surface area contributed by atoms with Crippen LogP contribution in [0.5, 0.6) is 0 Å². The van der Waals surface area contributed by atoms with Crippen LogP contribution < -0.4 is 0 Å². The number of aliphatic hydroxyl groups excluding tert-OH is 2. The summed E-state index contributed by atoms with van der Waals surface area (Å²) in [5.41, 5.74) is 0. The van der Waals surface area contributed by atoms with E-state index in [1.54, 1.807) is 12.2 Å². The average molecular weight is 112 g/mol. The van der Waals surface area contributed by atoms with Crippen molar-refractivity contribution in [2.45, 2.75) is 12.5 Å². The monoisotopic (exact) mass is 112 g/mol. The average Bonchev–Trinajstić information content (AvgIpc) is 1.77. The number of rotatable bonds is 0. The van der Waals surface area contributed by atoms with Gasteiger partial charge in [0.1, 0.15) is 5.76 Å². The van der Waals surface area contributed by atoms with E-state index in [1.807, 2.05) is 0 Å². The molecular formula is C6H8O2. The number of hydrogen-bond donors (Lipinski definition) is 2. The molecule has 1 rings (SSSR count). The second-order valence-electron chi connectivity index (χ2n) is 1.79. The summed E-state index contributed by atoms with van der Waals surface area (Å²) in [4.78, 5) is 0. The van der Waals surface area contributed by atoms with Gasteiger partial charge in [0.2, 0.25) is 0 Å². The van der Waals surface area contributed by atoms with Crippen molar-refractivity contribution in [2.75, 3.05) is 0 Å². The molecule has 0 fully saturated rings. The van der Waals surface area contributed by atoms with Crippen LogP contribution in [0.1, 0.15) is 6.42 Å². The topological polar surface area (TPSA) is 40.5 Å². The third-order valence-corrected chi connectivity index (χ3v) is 1.06. The molecule has 0 bridgehead atoms. The Bertz CT molecular complexity index is 135. The number of hydrogen-bond acceptors (Lipinski definition) is 2. The highest BCUT2D eigenvalue weighted by molar-refractivity contribution is 5.17. The summed E-state index contributed by atoms with van der Waals surface area (Å²) in [6.45, 7) is 0. The maximum absolute atomic E-state index is 8.78. The molecule has 0 radical (unpaired) electrons. The molecule has 0 aromatic carbocycles. The first kappa shape index (κ1) is 5.38. The van der Waals surface area contributed by atoms with Crippen molar-refractivity contribution in [1.29, 1.82) is 0 Å². The van der Waals surface area contributed by atoms with Gasteiger partial charge in [0.25, 0.3) is 0 Å². The Morgan fingerprint density at radius 3 is 2.75 bits per heavy atom. The van der Waals surface area contributed by atoms with Crippen LogP contribution in [0.4, 0.5) is 0 Å². The summed E-state index contributed by atoms with van der Waals surface area (Å²) in [6.07, 6.45) is 4.78. The molecule has 0 aromatic rings. The summed E-state index contributed by atoms with van der Waals surface area (Å²) in [5.74, 6) is 0.246. The summed E-state index contributed by atoms with van der Waals surface area (Å²) < 4.78 is 0. The van der Waals surface area contributed by atoms with Gasteiger partial charge in [-0.05, 0) is 18.6 Å². The first-order valence-corrected chi connectivity index (χ1v) is 2.54. The van der Waals surface area contributed by atoms with Crippen LogP contribution in [-0.2, 0) is 0 Å². The smallest absolute Gasteiger partial charge is 0.111 e. The van der Waals surface area contributed by atoms with Crippen molar-refractivity contribution < 1.29 is 10.2 Å². The standard InChI is InChI=1S/C6H8O2/c7-5-1-2-6(8)4-3-5/h1-3,6-8H,4H2. The third kappa shape index (κ3) is 1.10. The van der Waals surface area contributed by atoms with E-state index in [4.69, 9.17) is 10.2 Å². The van der Waals surface area contributed by atoms with E-state index in [0.717, 1.165) is 0 Å². The summed E-state index contributed by atoms with van der Waals surface area (Å²) in [5, 5.41) is 17.5. The zero-order valence-corrected chi connectivity index (χ0v) is 4.41. The van der Waals surface area contributed by atoms with E-state index in [9.17, 15) is 0 Å². The van der Waals surface area contributed by atoms with E-state index in [1.165, 1.54) is 6.08 Å². The molecule has 0 aromatic heterocycles. The maximum Gasteiger partial charge on any atom is 0.111 e. The fraction of sp³-hybridized carbons (Fsp3) is 0.333. The molecule has 0 spiro atoms. The molecule has 0 heterocycles. The second-order valence-corrected chi connectivity index (χ2v) is 1.79. The van der Waals surface area contributed by atoms with Crippen molar-refractivity contribution in [3.05, 3.63) is 24.0 Å². The highest BCUT2D eigenvalue weighted by Crippen LogP contribution is 2.06. The Labute approximate surface area is 47.8 Å². The molecule has 0 amide bonds. The normalized spacial score (nSPS) is 27.6. The quantitative estimate of drug-likeness (QED) is 0.485. The van der Waals surface area contributed by atoms with E-state index < -0.39 is 6.10 Å². The second kappa shape index (κ2) is 2.01. The lowest BCUT2D eigenvalue weighted by molar-refractivity contribution is 0.221. The molecule has 1 aliphatic rings. The summed E-state index contributed by atoms with van der Waals surface area (Å²) in [7, 11) is 0. The molecule has 0 saturated carbocycles. The van der Waals surface area contributed by atoms with Gasteiger partial charge in [-0.3, -0.25) is 0 Å². The van der Waals surface area contributed by atoms with Crippen LogP contribution in [0, 0.1) is 0 Å². The van der Waals surface area contributed by atoms with Gasteiger partial charge >= 0.3 is 0 Å². The lowest BCUT2D eigenvalue weighted by Gasteiger charge is -2.04. The minimum Gasteiger partial charge on any atom is -0.508 e. The molecule has 2 nitrogen and oxygen atoms in total. The molecule has 1 aliphatic carbocycles. The minimum absolute atomic E-state index is 0.246. The molecule has 2 N–H and O–H groups in total. The largest absolute Gasteiger partial charge is 0.508 e. The molecule has 44 valence electrons. The van der Waals surface area contributed by atoms with Crippen molar-refractivity contribution in [3.63, 3.8) is 0 Å². The Hall–Kier alpha value is -0.760. The number of allylic oxidation sites excluding steroid dienone is 1. The van der Waals surface area contributed by atoms with Gasteiger partial charge in [0, 0.05) is 0 Å². The Morgan fingerprint density at radius 1 is 1.62 bits per heavy atom. The van der Waals surface area contributed by atoms with Crippen LogP contribution >= 0.6 is 0 Å². The van der Waals surface area contributed by atoms with E-state index in [0.29, 0.717) is 6.42 Å². The van der Waals surface area contributed by atoms with Crippen LogP contribution in [0.25, 0.3) is 0 Å². The predicted octanol–water partition coefficient (Wildman–Crippen LogP) is 0.749. The predicted molar refractivity (Wildman–Crippen MR) is 30.5 cm³/mol. The maximum atomic E-state index is 8.78. The fourth-order valence-electron chi connectivity index (χ4n) is 0.598. The molecule has 0 aliphatic heterocycles. The SMILES string of the molecule is OC1=CCC(O)C=C1. The highest BCUT2D eigenvalue weighted by Gasteiger charge is 2.01. The first-order valence-electron chi connectivity index (χ1n) is 2.54. The van der Waals surface area contributed by atoms with Crippen LogP contribution in [0.3, 0.4) is 0 Å². The van der Waals surface area contributed by atoms with Crippen molar-refractivity contribution >= 4 is 0 Å². The van der Waals surface area contributed by atoms with Gasteiger partial charge in [-0.1, -0.05) is 6.08 Å². The Kier molecular flexibility index (Phi) is 1.35. The molecule has 2 heteroatoms. The number of aliphatic hydroxyl groups is 2. The summed E-state index contributed by atoms with van der Waals surface area (Å²) >= 11 is 0.